The zero-order valence-corrected chi connectivity index (χ0v) is 12.5. The van der Waals surface area contributed by atoms with Crippen LogP contribution < -0.4 is 16.2 Å². The van der Waals surface area contributed by atoms with Gasteiger partial charge in [0, 0.05) is 6.54 Å². The molecule has 0 bridgehead atoms. The molecular formula is C17H18F2N2O2. The second kappa shape index (κ2) is 7.69. The summed E-state index contributed by atoms with van der Waals surface area (Å²) in [5.74, 6) is -2.92. The molecule has 0 spiro atoms. The van der Waals surface area contributed by atoms with Gasteiger partial charge in [0.25, 0.3) is 0 Å². The highest BCUT2D eigenvalue weighted by atomic mass is 19.2. The molecule has 1 atom stereocenters. The third kappa shape index (κ3) is 4.50. The molecule has 6 heteroatoms. The number of halogens is 2. The van der Waals surface area contributed by atoms with E-state index in [1.54, 1.807) is 12.1 Å². The molecule has 0 heterocycles. The van der Waals surface area contributed by atoms with Gasteiger partial charge in [-0.25, -0.2) is 4.39 Å². The largest absolute Gasteiger partial charge is 0.486 e. The molecule has 0 aliphatic heterocycles. The van der Waals surface area contributed by atoms with E-state index in [9.17, 15) is 13.6 Å². The number of nitrogens with two attached hydrogens (primary N) is 2. The topological polar surface area (TPSA) is 78.3 Å². The Morgan fingerprint density at radius 2 is 1.74 bits per heavy atom. The van der Waals surface area contributed by atoms with E-state index >= 15 is 0 Å². The lowest BCUT2D eigenvalue weighted by Crippen LogP contribution is -2.31. The normalized spacial score (nSPS) is 12.0. The number of amides is 1. The van der Waals surface area contributed by atoms with Gasteiger partial charge in [-0.15, -0.1) is 0 Å². The molecule has 1 amide bonds. The van der Waals surface area contributed by atoms with Crippen molar-refractivity contribution >= 4 is 5.91 Å². The van der Waals surface area contributed by atoms with E-state index in [1.165, 1.54) is 12.1 Å². The quantitative estimate of drug-likeness (QED) is 0.820. The van der Waals surface area contributed by atoms with E-state index in [4.69, 9.17) is 16.2 Å². The number of rotatable bonds is 7. The number of hydrogen-bond acceptors (Lipinski definition) is 3. The monoisotopic (exact) mass is 320 g/mol. The summed E-state index contributed by atoms with van der Waals surface area (Å²) in [6, 6.07) is 11.0. The Labute approximate surface area is 133 Å². The second-order valence-corrected chi connectivity index (χ2v) is 5.20. The zero-order chi connectivity index (χ0) is 16.8. The fraction of sp³-hybridized carbons (Fsp3) is 0.235. The molecular weight excluding hydrogens is 302 g/mol. The Morgan fingerprint density at radius 1 is 1.09 bits per heavy atom. The third-order valence-corrected chi connectivity index (χ3v) is 3.50. The Bertz CT molecular complexity index is 675. The highest BCUT2D eigenvalue weighted by Gasteiger charge is 2.14. The number of carbonyl (C=O) groups is 1. The summed E-state index contributed by atoms with van der Waals surface area (Å²) in [7, 11) is 0. The van der Waals surface area contributed by atoms with Crippen LogP contribution in [0.4, 0.5) is 8.78 Å². The van der Waals surface area contributed by atoms with Gasteiger partial charge in [-0.2, -0.15) is 4.39 Å². The number of carbonyl (C=O) groups excluding carboxylic acids is 1. The van der Waals surface area contributed by atoms with Crippen molar-refractivity contribution in [3.8, 4) is 5.75 Å². The second-order valence-electron chi connectivity index (χ2n) is 5.20. The summed E-state index contributed by atoms with van der Waals surface area (Å²) in [6.07, 6.45) is 0.464. The van der Waals surface area contributed by atoms with E-state index in [-0.39, 0.29) is 18.9 Å². The first-order valence-electron chi connectivity index (χ1n) is 7.15. The predicted molar refractivity (Wildman–Crippen MR) is 82.6 cm³/mol. The average molecular weight is 320 g/mol. The molecule has 122 valence electrons. The highest BCUT2D eigenvalue weighted by molar-refractivity contribution is 5.77. The Kier molecular flexibility index (Phi) is 5.65. The van der Waals surface area contributed by atoms with Gasteiger partial charge in [-0.1, -0.05) is 30.3 Å². The number of primary amides is 1. The van der Waals surface area contributed by atoms with Crippen LogP contribution in [0.1, 0.15) is 11.1 Å². The number of benzene rings is 2. The van der Waals surface area contributed by atoms with Gasteiger partial charge in [0.15, 0.2) is 11.6 Å². The lowest BCUT2D eigenvalue weighted by molar-refractivity contribution is -0.121. The van der Waals surface area contributed by atoms with Gasteiger partial charge in [0.05, 0.1) is 5.92 Å². The molecule has 0 saturated carbocycles. The van der Waals surface area contributed by atoms with E-state index in [0.29, 0.717) is 6.42 Å². The van der Waals surface area contributed by atoms with Gasteiger partial charge in [0.2, 0.25) is 11.7 Å². The van der Waals surface area contributed by atoms with Gasteiger partial charge in [-0.3, -0.25) is 4.79 Å². The molecule has 0 aromatic heterocycles. The van der Waals surface area contributed by atoms with Crippen LogP contribution in [0.25, 0.3) is 0 Å². The van der Waals surface area contributed by atoms with Crippen molar-refractivity contribution in [2.45, 2.75) is 13.0 Å². The van der Waals surface area contributed by atoms with Crippen molar-refractivity contribution in [1.29, 1.82) is 0 Å². The molecule has 0 radical (unpaired) electrons. The molecule has 0 unspecified atom stereocenters. The molecule has 0 fully saturated rings. The highest BCUT2D eigenvalue weighted by Crippen LogP contribution is 2.20. The third-order valence-electron chi connectivity index (χ3n) is 3.50. The summed E-state index contributed by atoms with van der Waals surface area (Å²) >= 11 is 0. The van der Waals surface area contributed by atoms with E-state index < -0.39 is 23.5 Å². The van der Waals surface area contributed by atoms with E-state index in [1.807, 2.05) is 12.1 Å². The fourth-order valence-corrected chi connectivity index (χ4v) is 2.11. The van der Waals surface area contributed by atoms with Crippen LogP contribution >= 0.6 is 0 Å². The molecule has 4 nitrogen and oxygen atoms in total. The first-order chi connectivity index (χ1) is 11.0. The maximum atomic E-state index is 13.5. The smallest absolute Gasteiger partial charge is 0.222 e. The lowest BCUT2D eigenvalue weighted by Gasteiger charge is -2.11. The van der Waals surface area contributed by atoms with Gasteiger partial charge >= 0.3 is 0 Å². The van der Waals surface area contributed by atoms with Crippen molar-refractivity contribution in [2.24, 2.45) is 17.4 Å². The lowest BCUT2D eigenvalue weighted by atomic mass is 9.98. The van der Waals surface area contributed by atoms with Crippen molar-refractivity contribution in [3.63, 3.8) is 0 Å². The Hall–Kier alpha value is -2.47. The average Bonchev–Trinajstić information content (AvgIpc) is 2.55. The minimum Gasteiger partial charge on any atom is -0.486 e. The van der Waals surface area contributed by atoms with Crippen LogP contribution in [-0.2, 0) is 17.8 Å². The molecule has 2 aromatic carbocycles. The number of hydrogen-bond donors (Lipinski definition) is 2. The number of ether oxygens (including phenoxy) is 1. The van der Waals surface area contributed by atoms with Crippen LogP contribution in [0.5, 0.6) is 5.75 Å². The summed E-state index contributed by atoms with van der Waals surface area (Å²) in [6.45, 7) is 0.301. The van der Waals surface area contributed by atoms with Crippen molar-refractivity contribution < 1.29 is 18.3 Å². The van der Waals surface area contributed by atoms with Crippen molar-refractivity contribution in [3.05, 3.63) is 65.2 Å². The molecule has 2 aromatic rings. The fourth-order valence-electron chi connectivity index (χ4n) is 2.11. The first-order valence-corrected chi connectivity index (χ1v) is 7.15. The Morgan fingerprint density at radius 3 is 2.35 bits per heavy atom. The summed E-state index contributed by atoms with van der Waals surface area (Å²) in [5, 5.41) is 0. The van der Waals surface area contributed by atoms with Crippen LogP contribution in [0.15, 0.2) is 42.5 Å². The molecule has 0 aliphatic carbocycles. The predicted octanol–water partition coefficient (Wildman–Crippen LogP) is 2.15. The summed E-state index contributed by atoms with van der Waals surface area (Å²) < 4.78 is 31.8. The van der Waals surface area contributed by atoms with Crippen molar-refractivity contribution in [1.82, 2.24) is 0 Å². The first kappa shape index (κ1) is 16.9. The van der Waals surface area contributed by atoms with Gasteiger partial charge < -0.3 is 16.2 Å². The molecule has 23 heavy (non-hydrogen) atoms. The zero-order valence-electron chi connectivity index (χ0n) is 12.5. The van der Waals surface area contributed by atoms with Crippen LogP contribution in [0, 0.1) is 17.6 Å². The summed E-state index contributed by atoms with van der Waals surface area (Å²) in [5.41, 5.74) is 12.5. The molecule has 0 aliphatic rings. The summed E-state index contributed by atoms with van der Waals surface area (Å²) in [4.78, 5) is 11.2. The van der Waals surface area contributed by atoms with Crippen LogP contribution in [0.3, 0.4) is 0 Å². The Balaban J connectivity index is 1.97. The standard InChI is InChI=1S/C17H18F2N2O2/c18-14-2-1-3-15(16(14)19)23-10-12-6-4-11(5-7-12)8-13(9-20)17(21)22/h1-7,13H,8-10,20H2,(H2,21,22)/t13-/m0/s1. The molecule has 0 saturated heterocycles. The minimum atomic E-state index is -1.00. The van der Waals surface area contributed by atoms with E-state index in [0.717, 1.165) is 17.2 Å². The molecule has 4 N–H and O–H groups in total. The van der Waals surface area contributed by atoms with Crippen LogP contribution in [-0.4, -0.2) is 12.5 Å². The van der Waals surface area contributed by atoms with Crippen LogP contribution in [0.2, 0.25) is 0 Å². The maximum absolute atomic E-state index is 13.5. The molecule has 2 rings (SSSR count). The van der Waals surface area contributed by atoms with Gasteiger partial charge in [0.1, 0.15) is 6.61 Å². The maximum Gasteiger partial charge on any atom is 0.222 e. The minimum absolute atomic E-state index is 0.108. The van der Waals surface area contributed by atoms with E-state index in [2.05, 4.69) is 0 Å². The van der Waals surface area contributed by atoms with Crippen molar-refractivity contribution in [2.75, 3.05) is 6.54 Å². The SMILES string of the molecule is NC[C@H](Cc1ccc(COc2cccc(F)c2F)cc1)C(N)=O. The van der Waals surface area contributed by atoms with Gasteiger partial charge in [-0.05, 0) is 29.7 Å².